The van der Waals surface area contributed by atoms with Crippen LogP contribution in [-0.2, 0) is 9.59 Å². The molecular weight excluding hydrogens is 250 g/mol. The molecule has 110 valence electrons. The molecule has 0 aromatic carbocycles. The zero-order valence-electron chi connectivity index (χ0n) is 11.4. The molecule has 1 unspecified atom stereocenters. The van der Waals surface area contributed by atoms with E-state index in [0.717, 1.165) is 0 Å². The van der Waals surface area contributed by atoms with Crippen molar-refractivity contribution in [3.8, 4) is 0 Å². The Bertz CT molecular complexity index is 318. The highest BCUT2D eigenvalue weighted by atomic mass is 16.4. The second kappa shape index (κ2) is 9.18. The van der Waals surface area contributed by atoms with E-state index in [0.29, 0.717) is 25.8 Å². The van der Waals surface area contributed by atoms with Gasteiger partial charge in [0.2, 0.25) is 5.91 Å². The Morgan fingerprint density at radius 2 is 1.84 bits per heavy atom. The standard InChI is InChI=1S/C12H23N3O4/c1-8(2)7-9(11(17)18)15-12(19)14-6-4-3-5-10(13)16/h8-9H,3-7H2,1-2H3,(H2,13,16)(H,17,18)(H2,14,15,19). The summed E-state index contributed by atoms with van der Waals surface area (Å²) in [6.45, 7) is 4.16. The van der Waals surface area contributed by atoms with Gasteiger partial charge >= 0.3 is 12.0 Å². The fourth-order valence-electron chi connectivity index (χ4n) is 1.53. The second-order valence-electron chi connectivity index (χ2n) is 4.84. The lowest BCUT2D eigenvalue weighted by Gasteiger charge is -2.16. The van der Waals surface area contributed by atoms with Crippen LogP contribution in [0.25, 0.3) is 0 Å². The summed E-state index contributed by atoms with van der Waals surface area (Å²) in [7, 11) is 0. The molecule has 0 aromatic rings. The molecule has 0 aliphatic heterocycles. The molecule has 7 heteroatoms. The van der Waals surface area contributed by atoms with Crippen LogP contribution in [0.2, 0.25) is 0 Å². The van der Waals surface area contributed by atoms with Crippen LogP contribution in [0.15, 0.2) is 0 Å². The number of primary amides is 1. The smallest absolute Gasteiger partial charge is 0.326 e. The molecule has 5 N–H and O–H groups in total. The Labute approximate surface area is 112 Å². The third-order valence-corrected chi connectivity index (χ3v) is 2.45. The van der Waals surface area contributed by atoms with Crippen molar-refractivity contribution in [1.82, 2.24) is 10.6 Å². The molecule has 0 saturated carbocycles. The minimum atomic E-state index is -1.04. The number of nitrogens with two attached hydrogens (primary N) is 1. The van der Waals surface area contributed by atoms with Gasteiger partial charge in [-0.25, -0.2) is 9.59 Å². The lowest BCUT2D eigenvalue weighted by atomic mass is 10.0. The number of nitrogens with one attached hydrogen (secondary N) is 2. The quantitative estimate of drug-likeness (QED) is 0.455. The van der Waals surface area contributed by atoms with Crippen LogP contribution in [0.3, 0.4) is 0 Å². The number of hydrogen-bond acceptors (Lipinski definition) is 3. The van der Waals surface area contributed by atoms with Crippen molar-refractivity contribution in [2.24, 2.45) is 11.7 Å². The average Bonchev–Trinajstić information content (AvgIpc) is 2.26. The summed E-state index contributed by atoms with van der Waals surface area (Å²) in [5.41, 5.74) is 4.98. The van der Waals surface area contributed by atoms with Crippen molar-refractivity contribution in [2.75, 3.05) is 6.54 Å². The van der Waals surface area contributed by atoms with Crippen LogP contribution in [0, 0.1) is 5.92 Å². The van der Waals surface area contributed by atoms with E-state index < -0.39 is 18.0 Å². The molecule has 7 nitrogen and oxygen atoms in total. The Morgan fingerprint density at radius 3 is 2.32 bits per heavy atom. The summed E-state index contributed by atoms with van der Waals surface area (Å²) in [5.74, 6) is -1.23. The van der Waals surface area contributed by atoms with Gasteiger partial charge in [0.25, 0.3) is 0 Å². The van der Waals surface area contributed by atoms with E-state index in [2.05, 4.69) is 10.6 Å². The highest BCUT2D eigenvalue weighted by molar-refractivity contribution is 5.82. The minimum absolute atomic E-state index is 0.178. The molecule has 0 aliphatic carbocycles. The van der Waals surface area contributed by atoms with Gasteiger partial charge in [0, 0.05) is 13.0 Å². The van der Waals surface area contributed by atoms with Crippen LogP contribution in [0.5, 0.6) is 0 Å². The third kappa shape index (κ3) is 9.87. The molecule has 0 aliphatic rings. The molecule has 0 spiro atoms. The Balaban J connectivity index is 3.87. The summed E-state index contributed by atoms with van der Waals surface area (Å²) in [4.78, 5) is 32.9. The fourth-order valence-corrected chi connectivity index (χ4v) is 1.53. The van der Waals surface area contributed by atoms with Crippen LogP contribution in [0.4, 0.5) is 4.79 Å². The number of carboxylic acid groups (broad SMARTS) is 1. The number of carbonyl (C=O) groups is 3. The first-order valence-corrected chi connectivity index (χ1v) is 6.38. The van der Waals surface area contributed by atoms with Crippen LogP contribution < -0.4 is 16.4 Å². The van der Waals surface area contributed by atoms with Gasteiger partial charge in [-0.1, -0.05) is 13.8 Å². The Kier molecular flexibility index (Phi) is 8.32. The normalized spacial score (nSPS) is 11.9. The maximum Gasteiger partial charge on any atom is 0.326 e. The van der Waals surface area contributed by atoms with E-state index in [4.69, 9.17) is 10.8 Å². The monoisotopic (exact) mass is 273 g/mol. The topological polar surface area (TPSA) is 122 Å². The van der Waals surface area contributed by atoms with E-state index in [-0.39, 0.29) is 18.2 Å². The number of carbonyl (C=O) groups excluding carboxylic acids is 2. The maximum absolute atomic E-state index is 11.5. The number of urea groups is 1. The number of aliphatic carboxylic acids is 1. The number of hydrogen-bond donors (Lipinski definition) is 4. The van der Waals surface area contributed by atoms with Gasteiger partial charge in [-0.2, -0.15) is 0 Å². The summed E-state index contributed by atoms with van der Waals surface area (Å²) in [6.07, 6.45) is 1.89. The minimum Gasteiger partial charge on any atom is -0.480 e. The summed E-state index contributed by atoms with van der Waals surface area (Å²) in [6, 6.07) is -1.39. The molecule has 0 radical (unpaired) electrons. The van der Waals surface area contributed by atoms with Crippen molar-refractivity contribution in [2.45, 2.75) is 45.6 Å². The highest BCUT2D eigenvalue weighted by Crippen LogP contribution is 2.04. The first-order chi connectivity index (χ1) is 8.82. The summed E-state index contributed by atoms with van der Waals surface area (Å²) in [5, 5.41) is 13.9. The van der Waals surface area contributed by atoms with Gasteiger partial charge in [0.1, 0.15) is 6.04 Å². The zero-order chi connectivity index (χ0) is 14.8. The SMILES string of the molecule is CC(C)CC(NC(=O)NCCCCC(N)=O)C(=O)O. The predicted octanol–water partition coefficient (Wildman–Crippen LogP) is 0.441. The third-order valence-electron chi connectivity index (χ3n) is 2.45. The van der Waals surface area contributed by atoms with Crippen LogP contribution >= 0.6 is 0 Å². The van der Waals surface area contributed by atoms with Crippen molar-refractivity contribution >= 4 is 17.9 Å². The summed E-state index contributed by atoms with van der Waals surface area (Å²) < 4.78 is 0. The highest BCUT2D eigenvalue weighted by Gasteiger charge is 2.20. The van der Waals surface area contributed by atoms with Crippen molar-refractivity contribution in [3.05, 3.63) is 0 Å². The molecule has 0 heterocycles. The van der Waals surface area contributed by atoms with Crippen molar-refractivity contribution in [3.63, 3.8) is 0 Å². The van der Waals surface area contributed by atoms with Gasteiger partial charge in [0.05, 0.1) is 0 Å². The van der Waals surface area contributed by atoms with Gasteiger partial charge in [-0.15, -0.1) is 0 Å². The zero-order valence-corrected chi connectivity index (χ0v) is 11.4. The molecule has 0 rings (SSSR count). The second-order valence-corrected chi connectivity index (χ2v) is 4.84. The largest absolute Gasteiger partial charge is 0.480 e. The molecule has 1 atom stereocenters. The van der Waals surface area contributed by atoms with Gasteiger partial charge in [-0.3, -0.25) is 4.79 Å². The fraction of sp³-hybridized carbons (Fsp3) is 0.750. The van der Waals surface area contributed by atoms with Crippen molar-refractivity contribution < 1.29 is 19.5 Å². The number of rotatable bonds is 9. The Morgan fingerprint density at radius 1 is 1.21 bits per heavy atom. The molecule has 0 fully saturated rings. The Hall–Kier alpha value is -1.79. The molecule has 0 aromatic heterocycles. The number of amides is 3. The van der Waals surface area contributed by atoms with E-state index in [1.165, 1.54) is 0 Å². The number of unbranched alkanes of at least 4 members (excludes halogenated alkanes) is 1. The van der Waals surface area contributed by atoms with E-state index in [9.17, 15) is 14.4 Å². The van der Waals surface area contributed by atoms with E-state index in [1.807, 2.05) is 13.8 Å². The van der Waals surface area contributed by atoms with Gasteiger partial charge < -0.3 is 21.5 Å². The molecular formula is C12H23N3O4. The average molecular weight is 273 g/mol. The van der Waals surface area contributed by atoms with Gasteiger partial charge in [-0.05, 0) is 25.2 Å². The molecule has 0 bridgehead atoms. The molecule has 3 amide bonds. The lowest BCUT2D eigenvalue weighted by molar-refractivity contribution is -0.139. The predicted molar refractivity (Wildman–Crippen MR) is 70.5 cm³/mol. The van der Waals surface area contributed by atoms with Crippen LogP contribution in [-0.4, -0.2) is 35.6 Å². The summed E-state index contributed by atoms with van der Waals surface area (Å²) >= 11 is 0. The first-order valence-electron chi connectivity index (χ1n) is 6.38. The molecule has 0 saturated heterocycles. The van der Waals surface area contributed by atoms with Crippen LogP contribution in [0.1, 0.15) is 39.5 Å². The maximum atomic E-state index is 11.5. The van der Waals surface area contributed by atoms with Gasteiger partial charge in [0.15, 0.2) is 0 Å². The lowest BCUT2D eigenvalue weighted by Crippen LogP contribution is -2.46. The van der Waals surface area contributed by atoms with E-state index >= 15 is 0 Å². The van der Waals surface area contributed by atoms with E-state index in [1.54, 1.807) is 0 Å². The molecule has 19 heavy (non-hydrogen) atoms. The number of carboxylic acids is 1. The first kappa shape index (κ1) is 17.2. The van der Waals surface area contributed by atoms with Crippen molar-refractivity contribution in [1.29, 1.82) is 0 Å².